The van der Waals surface area contributed by atoms with E-state index in [2.05, 4.69) is 21.2 Å². The molecule has 0 aliphatic rings. The van der Waals surface area contributed by atoms with Crippen molar-refractivity contribution in [3.63, 3.8) is 0 Å². The van der Waals surface area contributed by atoms with Gasteiger partial charge in [0.05, 0.1) is 18.0 Å². The average molecular weight is 304 g/mol. The maximum atomic E-state index is 13.2. The van der Waals surface area contributed by atoms with Crippen molar-refractivity contribution in [3.8, 4) is 5.75 Å². The summed E-state index contributed by atoms with van der Waals surface area (Å²) in [4.78, 5) is 11.2. The molecule has 94 valence electrons. The molecule has 1 amide bonds. The first kappa shape index (κ1) is 14.0. The standard InChI is InChI=1S/C12H15BrFNO2/c1-7(13)12(16)15-8(2)10-6-9(14)4-5-11(10)17-3/h4-8H,1-3H3,(H,15,16). The van der Waals surface area contributed by atoms with Gasteiger partial charge in [0.2, 0.25) is 5.91 Å². The second kappa shape index (κ2) is 6.00. The quantitative estimate of drug-likeness (QED) is 0.869. The number of carbonyl (C=O) groups excluding carboxylic acids is 1. The topological polar surface area (TPSA) is 38.3 Å². The van der Waals surface area contributed by atoms with Crippen molar-refractivity contribution >= 4 is 21.8 Å². The average Bonchev–Trinajstić information content (AvgIpc) is 2.28. The molecular weight excluding hydrogens is 289 g/mol. The predicted molar refractivity (Wildman–Crippen MR) is 67.9 cm³/mol. The van der Waals surface area contributed by atoms with Crippen LogP contribution in [0.1, 0.15) is 25.5 Å². The monoisotopic (exact) mass is 303 g/mol. The zero-order chi connectivity index (χ0) is 13.0. The number of hydrogen-bond donors (Lipinski definition) is 1. The van der Waals surface area contributed by atoms with Gasteiger partial charge in [0.1, 0.15) is 11.6 Å². The number of alkyl halides is 1. The van der Waals surface area contributed by atoms with Gasteiger partial charge in [-0.3, -0.25) is 4.79 Å². The molecule has 0 aliphatic carbocycles. The molecule has 0 heterocycles. The number of rotatable bonds is 4. The van der Waals surface area contributed by atoms with Crippen LogP contribution in [0.2, 0.25) is 0 Å². The largest absolute Gasteiger partial charge is 0.496 e. The van der Waals surface area contributed by atoms with Gasteiger partial charge in [-0.15, -0.1) is 0 Å². The summed E-state index contributed by atoms with van der Waals surface area (Å²) in [6.45, 7) is 3.51. The molecular formula is C12H15BrFNO2. The number of benzene rings is 1. The molecule has 0 spiro atoms. The lowest BCUT2D eigenvalue weighted by Gasteiger charge is -2.18. The molecule has 5 heteroatoms. The maximum Gasteiger partial charge on any atom is 0.233 e. The van der Waals surface area contributed by atoms with Gasteiger partial charge in [-0.05, 0) is 32.0 Å². The third-order valence-electron chi connectivity index (χ3n) is 2.38. The van der Waals surface area contributed by atoms with Crippen molar-refractivity contribution in [2.24, 2.45) is 0 Å². The highest BCUT2D eigenvalue weighted by Crippen LogP contribution is 2.25. The Morgan fingerprint density at radius 3 is 2.65 bits per heavy atom. The van der Waals surface area contributed by atoms with Crippen LogP contribution in [0.4, 0.5) is 4.39 Å². The molecule has 1 aromatic rings. The van der Waals surface area contributed by atoms with Gasteiger partial charge >= 0.3 is 0 Å². The van der Waals surface area contributed by atoms with Crippen LogP contribution in [0, 0.1) is 5.82 Å². The van der Waals surface area contributed by atoms with Gasteiger partial charge < -0.3 is 10.1 Å². The lowest BCUT2D eigenvalue weighted by atomic mass is 10.1. The molecule has 1 rings (SSSR count). The van der Waals surface area contributed by atoms with Gasteiger partial charge in [0.25, 0.3) is 0 Å². The minimum atomic E-state index is -0.353. The van der Waals surface area contributed by atoms with Crippen LogP contribution in [-0.4, -0.2) is 17.8 Å². The molecule has 2 unspecified atom stereocenters. The van der Waals surface area contributed by atoms with E-state index in [1.807, 2.05) is 0 Å². The zero-order valence-electron chi connectivity index (χ0n) is 9.96. The van der Waals surface area contributed by atoms with Gasteiger partial charge in [-0.2, -0.15) is 0 Å². The Labute approximate surface area is 108 Å². The molecule has 0 saturated heterocycles. The summed E-state index contributed by atoms with van der Waals surface area (Å²) in [6, 6.07) is 3.92. The molecule has 3 nitrogen and oxygen atoms in total. The van der Waals surface area contributed by atoms with Gasteiger partial charge in [-0.1, -0.05) is 15.9 Å². The minimum Gasteiger partial charge on any atom is -0.496 e. The van der Waals surface area contributed by atoms with Gasteiger partial charge in [-0.25, -0.2) is 4.39 Å². The van der Waals surface area contributed by atoms with Crippen molar-refractivity contribution in [2.75, 3.05) is 7.11 Å². The fourth-order valence-corrected chi connectivity index (χ4v) is 1.58. The van der Waals surface area contributed by atoms with Gasteiger partial charge in [0, 0.05) is 5.56 Å². The predicted octanol–water partition coefficient (Wildman–Crippen LogP) is 2.79. The fraction of sp³-hybridized carbons (Fsp3) is 0.417. The smallest absolute Gasteiger partial charge is 0.233 e. The van der Waals surface area contributed by atoms with Gasteiger partial charge in [0.15, 0.2) is 0 Å². The first-order valence-electron chi connectivity index (χ1n) is 5.23. The highest BCUT2D eigenvalue weighted by molar-refractivity contribution is 9.10. The summed E-state index contributed by atoms with van der Waals surface area (Å²) < 4.78 is 18.3. The van der Waals surface area contributed by atoms with E-state index in [1.54, 1.807) is 19.9 Å². The molecule has 17 heavy (non-hydrogen) atoms. The fourth-order valence-electron chi connectivity index (χ4n) is 1.45. The molecule has 0 fully saturated rings. The van der Waals surface area contributed by atoms with E-state index in [0.717, 1.165) is 0 Å². The van der Waals surface area contributed by atoms with E-state index in [1.165, 1.54) is 19.2 Å². The zero-order valence-corrected chi connectivity index (χ0v) is 11.5. The Bertz CT molecular complexity index is 409. The lowest BCUT2D eigenvalue weighted by Crippen LogP contribution is -2.31. The van der Waals surface area contributed by atoms with Crippen molar-refractivity contribution in [2.45, 2.75) is 24.7 Å². The first-order chi connectivity index (χ1) is 7.95. The molecule has 1 N–H and O–H groups in total. The molecule has 0 saturated carbocycles. The van der Waals surface area contributed by atoms with Crippen molar-refractivity contribution in [3.05, 3.63) is 29.6 Å². The Hall–Kier alpha value is -1.10. The van der Waals surface area contributed by atoms with E-state index in [4.69, 9.17) is 4.74 Å². The van der Waals surface area contributed by atoms with Crippen LogP contribution in [-0.2, 0) is 4.79 Å². The van der Waals surface area contributed by atoms with Crippen LogP contribution >= 0.6 is 15.9 Å². The number of ether oxygens (including phenoxy) is 1. The van der Waals surface area contributed by atoms with Crippen LogP contribution in [0.5, 0.6) is 5.75 Å². The summed E-state index contributed by atoms with van der Waals surface area (Å²) in [6.07, 6.45) is 0. The van der Waals surface area contributed by atoms with Crippen LogP contribution in [0.15, 0.2) is 18.2 Å². The number of amides is 1. The summed E-state index contributed by atoms with van der Waals surface area (Å²) in [5.41, 5.74) is 0.619. The molecule has 0 aromatic heterocycles. The minimum absolute atomic E-state index is 0.149. The molecule has 1 aromatic carbocycles. The summed E-state index contributed by atoms with van der Waals surface area (Å²) in [7, 11) is 1.51. The lowest BCUT2D eigenvalue weighted by molar-refractivity contribution is -0.120. The third kappa shape index (κ3) is 3.70. The highest BCUT2D eigenvalue weighted by atomic mass is 79.9. The summed E-state index contributed by atoms with van der Waals surface area (Å²) >= 11 is 3.17. The van der Waals surface area contributed by atoms with E-state index in [0.29, 0.717) is 11.3 Å². The van der Waals surface area contributed by atoms with E-state index in [9.17, 15) is 9.18 Å². The summed E-state index contributed by atoms with van der Waals surface area (Å²) in [5.74, 6) is 0.0547. The molecule has 0 bridgehead atoms. The van der Waals surface area contributed by atoms with Crippen LogP contribution < -0.4 is 10.1 Å². The Morgan fingerprint density at radius 2 is 2.12 bits per heavy atom. The van der Waals surface area contributed by atoms with Crippen molar-refractivity contribution in [1.82, 2.24) is 5.32 Å². The second-order valence-corrected chi connectivity index (χ2v) is 5.11. The molecule has 0 radical (unpaired) electrons. The SMILES string of the molecule is COc1ccc(F)cc1C(C)NC(=O)C(C)Br. The Balaban J connectivity index is 2.91. The number of hydrogen-bond acceptors (Lipinski definition) is 2. The molecule has 2 atom stereocenters. The Kier molecular flexibility index (Phi) is 4.93. The second-order valence-electron chi connectivity index (χ2n) is 3.73. The van der Waals surface area contributed by atoms with E-state index >= 15 is 0 Å². The number of carbonyl (C=O) groups is 1. The summed E-state index contributed by atoms with van der Waals surface area (Å²) in [5, 5.41) is 2.77. The number of halogens is 2. The van der Waals surface area contributed by atoms with Crippen LogP contribution in [0.25, 0.3) is 0 Å². The van der Waals surface area contributed by atoms with Crippen LogP contribution in [0.3, 0.4) is 0 Å². The maximum absolute atomic E-state index is 13.2. The third-order valence-corrected chi connectivity index (χ3v) is 2.79. The van der Waals surface area contributed by atoms with Crippen molar-refractivity contribution < 1.29 is 13.9 Å². The van der Waals surface area contributed by atoms with Crippen molar-refractivity contribution in [1.29, 1.82) is 0 Å². The molecule has 0 aliphatic heterocycles. The highest BCUT2D eigenvalue weighted by Gasteiger charge is 2.17. The first-order valence-corrected chi connectivity index (χ1v) is 6.15. The number of methoxy groups -OCH3 is 1. The Morgan fingerprint density at radius 1 is 1.47 bits per heavy atom. The van der Waals surface area contributed by atoms with E-state index in [-0.39, 0.29) is 22.6 Å². The normalized spacial score (nSPS) is 13.9. The van der Waals surface area contributed by atoms with E-state index < -0.39 is 0 Å². The number of nitrogens with one attached hydrogen (secondary N) is 1.